The van der Waals surface area contributed by atoms with Gasteiger partial charge in [0, 0.05) is 5.92 Å². The van der Waals surface area contributed by atoms with Crippen LogP contribution < -0.4 is 5.14 Å². The summed E-state index contributed by atoms with van der Waals surface area (Å²) in [5, 5.41) is 18.6. The van der Waals surface area contributed by atoms with E-state index < -0.39 is 15.6 Å². The molecule has 0 saturated heterocycles. The third-order valence-corrected chi connectivity index (χ3v) is 7.07. The highest BCUT2D eigenvalue weighted by molar-refractivity contribution is 7.91. The number of hydrogen-bond acceptors (Lipinski definition) is 4. The molecule has 1 rings (SSSR count). The third-order valence-electron chi connectivity index (χ3n) is 4.61. The van der Waals surface area contributed by atoms with Gasteiger partial charge in [0.25, 0.3) is 0 Å². The number of allylic oxidation sites excluding steroid dienone is 2. The Morgan fingerprint density at radius 2 is 1.88 bits per heavy atom. The van der Waals surface area contributed by atoms with Crippen LogP contribution in [-0.2, 0) is 10.0 Å². The molecule has 4 nitrogen and oxygen atoms in total. The van der Waals surface area contributed by atoms with Crippen molar-refractivity contribution in [1.82, 2.24) is 0 Å². The summed E-state index contributed by atoms with van der Waals surface area (Å²) in [6, 6.07) is 1.79. The van der Waals surface area contributed by atoms with Crippen molar-refractivity contribution in [1.29, 1.82) is 0 Å². The van der Waals surface area contributed by atoms with Crippen LogP contribution in [0.4, 0.5) is 0 Å². The fourth-order valence-corrected chi connectivity index (χ4v) is 5.16. The number of hydrogen-bond donors (Lipinski definition) is 2. The molecule has 24 heavy (non-hydrogen) atoms. The Kier molecular flexibility index (Phi) is 7.86. The van der Waals surface area contributed by atoms with E-state index in [1.54, 1.807) is 23.6 Å². The van der Waals surface area contributed by atoms with Gasteiger partial charge in [0.1, 0.15) is 4.21 Å². The van der Waals surface area contributed by atoms with E-state index in [-0.39, 0.29) is 16.0 Å². The third kappa shape index (κ3) is 5.02. The number of rotatable bonds is 11. The van der Waals surface area contributed by atoms with Gasteiger partial charge in [-0.1, -0.05) is 32.4 Å². The lowest BCUT2D eigenvalue weighted by molar-refractivity contribution is -0.0205. The summed E-state index contributed by atoms with van der Waals surface area (Å²) in [6.45, 7) is 11.6. The second kappa shape index (κ2) is 8.94. The molecule has 6 heteroatoms. The Balaban J connectivity index is 3.45. The summed E-state index contributed by atoms with van der Waals surface area (Å²) >= 11 is 1.11. The predicted molar refractivity (Wildman–Crippen MR) is 102 cm³/mol. The van der Waals surface area contributed by atoms with Gasteiger partial charge in [-0.2, -0.15) is 0 Å². The average Bonchev–Trinajstić information content (AvgIpc) is 3.00. The van der Waals surface area contributed by atoms with Gasteiger partial charge >= 0.3 is 0 Å². The fraction of sp³-hybridized carbons (Fsp3) is 0.556. The molecule has 0 amide bonds. The van der Waals surface area contributed by atoms with Gasteiger partial charge in [-0.3, -0.25) is 0 Å². The summed E-state index contributed by atoms with van der Waals surface area (Å²) in [7, 11) is -3.81. The van der Waals surface area contributed by atoms with E-state index in [0.717, 1.165) is 17.8 Å². The van der Waals surface area contributed by atoms with E-state index in [1.807, 2.05) is 13.8 Å². The molecule has 3 N–H and O–H groups in total. The quantitative estimate of drug-likeness (QED) is 0.572. The minimum Gasteiger partial charge on any atom is -0.389 e. The van der Waals surface area contributed by atoms with Gasteiger partial charge in [0.05, 0.1) is 5.60 Å². The first kappa shape index (κ1) is 21.1. The maximum Gasteiger partial charge on any atom is 0.247 e. The topological polar surface area (TPSA) is 80.4 Å². The van der Waals surface area contributed by atoms with Crippen LogP contribution in [0.2, 0.25) is 0 Å². The minimum atomic E-state index is -3.81. The van der Waals surface area contributed by atoms with Gasteiger partial charge in [0.2, 0.25) is 10.0 Å². The van der Waals surface area contributed by atoms with E-state index in [4.69, 9.17) is 5.14 Å². The Morgan fingerprint density at radius 3 is 2.29 bits per heavy atom. The number of primary sulfonamides is 1. The molecular weight excluding hydrogens is 342 g/mol. The SMILES string of the molecule is C=CCCC(O)(CCC=C)[C@H](c1ccsc1S(N)(=O)=O)[C@@H](C)CC. The summed E-state index contributed by atoms with van der Waals surface area (Å²) in [5.41, 5.74) is -0.398. The molecule has 0 aliphatic rings. The van der Waals surface area contributed by atoms with Gasteiger partial charge in [0.15, 0.2) is 0 Å². The Bertz CT molecular complexity index is 637. The van der Waals surface area contributed by atoms with Crippen molar-refractivity contribution in [3.8, 4) is 0 Å². The normalized spacial score (nSPS) is 15.0. The summed E-state index contributed by atoms with van der Waals surface area (Å²) in [5.74, 6) is -0.193. The van der Waals surface area contributed by atoms with Gasteiger partial charge in [-0.15, -0.1) is 24.5 Å². The highest BCUT2D eigenvalue weighted by Crippen LogP contribution is 2.45. The molecule has 1 aromatic heterocycles. The Hall–Kier alpha value is -0.950. The lowest BCUT2D eigenvalue weighted by Crippen LogP contribution is -2.40. The number of sulfonamides is 1. The van der Waals surface area contributed by atoms with Gasteiger partial charge < -0.3 is 5.11 Å². The first-order valence-electron chi connectivity index (χ1n) is 8.25. The first-order valence-corrected chi connectivity index (χ1v) is 10.7. The molecular formula is C18H29NO3S2. The molecule has 1 aromatic rings. The Morgan fingerprint density at radius 1 is 1.33 bits per heavy atom. The highest BCUT2D eigenvalue weighted by atomic mass is 32.2. The molecule has 0 fully saturated rings. The second-order valence-corrected chi connectivity index (χ2v) is 9.00. The van der Waals surface area contributed by atoms with Crippen molar-refractivity contribution >= 4 is 21.4 Å². The van der Waals surface area contributed by atoms with Crippen LogP contribution in [-0.4, -0.2) is 19.1 Å². The monoisotopic (exact) mass is 371 g/mol. The van der Waals surface area contributed by atoms with Crippen LogP contribution in [0.3, 0.4) is 0 Å². The molecule has 0 aliphatic carbocycles. The van der Waals surface area contributed by atoms with E-state index in [1.165, 1.54) is 0 Å². The standard InChI is InChI=1S/C18H29NO3S2/c1-5-8-11-18(20,12-9-6-2)16(14(4)7-3)15-10-13-23-17(15)24(19,21)22/h5-6,10,13-14,16,20H,1-2,7-9,11-12H2,3-4H3,(H2,19,21,22)/t14-,16-/m0/s1. The van der Waals surface area contributed by atoms with Crippen LogP contribution >= 0.6 is 11.3 Å². The number of nitrogens with two attached hydrogens (primary N) is 1. The zero-order valence-corrected chi connectivity index (χ0v) is 16.2. The van der Waals surface area contributed by atoms with Crippen molar-refractivity contribution in [2.45, 2.75) is 61.7 Å². The minimum absolute atomic E-state index is 0.111. The van der Waals surface area contributed by atoms with Crippen LogP contribution in [0.15, 0.2) is 41.0 Å². The molecule has 2 atom stereocenters. The van der Waals surface area contributed by atoms with Gasteiger partial charge in [-0.25, -0.2) is 13.6 Å². The molecule has 0 bridgehead atoms. The number of aliphatic hydroxyl groups is 1. The maximum absolute atomic E-state index is 12.0. The van der Waals surface area contributed by atoms with Crippen molar-refractivity contribution in [3.05, 3.63) is 42.3 Å². The van der Waals surface area contributed by atoms with E-state index in [2.05, 4.69) is 13.2 Å². The van der Waals surface area contributed by atoms with E-state index >= 15 is 0 Å². The molecule has 0 aliphatic heterocycles. The molecule has 0 spiro atoms. The molecule has 0 radical (unpaired) electrons. The molecule has 136 valence electrons. The largest absolute Gasteiger partial charge is 0.389 e. The number of thiophene rings is 1. The summed E-state index contributed by atoms with van der Waals surface area (Å²) < 4.78 is 24.1. The molecule has 0 aromatic carbocycles. The van der Waals surface area contributed by atoms with E-state index in [9.17, 15) is 13.5 Å². The summed E-state index contributed by atoms with van der Waals surface area (Å²) in [4.78, 5) is 0. The van der Waals surface area contributed by atoms with Crippen molar-refractivity contribution < 1.29 is 13.5 Å². The van der Waals surface area contributed by atoms with E-state index in [0.29, 0.717) is 31.2 Å². The van der Waals surface area contributed by atoms with Gasteiger partial charge in [-0.05, 0) is 48.6 Å². The van der Waals surface area contributed by atoms with Crippen molar-refractivity contribution in [2.24, 2.45) is 11.1 Å². The predicted octanol–water partition coefficient (Wildman–Crippen LogP) is 4.19. The molecule has 0 unspecified atom stereocenters. The zero-order chi connectivity index (χ0) is 18.4. The maximum atomic E-state index is 12.0. The fourth-order valence-electron chi connectivity index (χ4n) is 3.27. The van der Waals surface area contributed by atoms with Crippen molar-refractivity contribution in [3.63, 3.8) is 0 Å². The first-order chi connectivity index (χ1) is 11.2. The highest BCUT2D eigenvalue weighted by Gasteiger charge is 2.41. The van der Waals surface area contributed by atoms with Crippen LogP contribution in [0.25, 0.3) is 0 Å². The average molecular weight is 372 g/mol. The van der Waals surface area contributed by atoms with Crippen LogP contribution in [0.1, 0.15) is 57.4 Å². The molecule has 1 heterocycles. The lowest BCUT2D eigenvalue weighted by atomic mass is 9.70. The molecule has 0 saturated carbocycles. The van der Waals surface area contributed by atoms with Crippen LogP contribution in [0, 0.1) is 5.92 Å². The second-order valence-electron chi connectivity index (χ2n) is 6.33. The zero-order valence-electron chi connectivity index (χ0n) is 14.6. The summed E-state index contributed by atoms with van der Waals surface area (Å²) in [6.07, 6.45) is 6.76. The lowest BCUT2D eigenvalue weighted by Gasteiger charge is -2.40. The van der Waals surface area contributed by atoms with Crippen molar-refractivity contribution in [2.75, 3.05) is 0 Å². The van der Waals surface area contributed by atoms with Crippen LogP contribution in [0.5, 0.6) is 0 Å². The Labute approximate surface area is 150 Å². The smallest absolute Gasteiger partial charge is 0.247 e.